The number of hydrogen-bond acceptors (Lipinski definition) is 5. The maximum atomic E-state index is 5.91. The molecule has 0 amide bonds. The van der Waals surface area contributed by atoms with Crippen LogP contribution in [0, 0.1) is 0 Å². The molecule has 0 fully saturated rings. The van der Waals surface area contributed by atoms with Crippen LogP contribution >= 0.6 is 23.1 Å². The van der Waals surface area contributed by atoms with Crippen molar-refractivity contribution in [2.24, 2.45) is 0 Å². The van der Waals surface area contributed by atoms with Gasteiger partial charge in [0.15, 0.2) is 4.34 Å². The molecule has 5 heteroatoms. The molecule has 0 aliphatic carbocycles. The summed E-state index contributed by atoms with van der Waals surface area (Å²) >= 11 is 3.30. The van der Waals surface area contributed by atoms with E-state index in [-0.39, 0.29) is 0 Å². The van der Waals surface area contributed by atoms with Crippen LogP contribution in [0.1, 0.15) is 6.92 Å². The molecule has 0 spiro atoms. The van der Waals surface area contributed by atoms with Gasteiger partial charge < -0.3 is 10.5 Å². The van der Waals surface area contributed by atoms with Gasteiger partial charge >= 0.3 is 0 Å². The van der Waals surface area contributed by atoms with Gasteiger partial charge in [-0.3, -0.25) is 0 Å². The van der Waals surface area contributed by atoms with Crippen molar-refractivity contribution in [2.75, 3.05) is 12.3 Å². The lowest BCUT2D eigenvalue weighted by atomic mass is 10.3. The highest BCUT2D eigenvalue weighted by molar-refractivity contribution is 8.01. The summed E-state index contributed by atoms with van der Waals surface area (Å²) in [4.78, 5) is 5.66. The number of rotatable bonds is 4. The largest absolute Gasteiger partial charge is 0.494 e. The number of fused-ring (bicyclic) bond motifs is 1. The number of hydrogen-bond donors (Lipinski definition) is 1. The third kappa shape index (κ3) is 2.89. The molecule has 0 radical (unpaired) electrons. The van der Waals surface area contributed by atoms with E-state index in [1.54, 1.807) is 23.1 Å². The molecule has 0 atom stereocenters. The van der Waals surface area contributed by atoms with Gasteiger partial charge in [-0.25, -0.2) is 4.98 Å². The molecular weight excluding hydrogens is 288 g/mol. The van der Waals surface area contributed by atoms with Crippen LogP contribution in [-0.2, 0) is 0 Å². The minimum atomic E-state index is 0.634. The second-order valence-electron chi connectivity index (χ2n) is 4.22. The van der Waals surface area contributed by atoms with Crippen LogP contribution in [0.5, 0.6) is 5.75 Å². The Hall–Kier alpha value is -1.72. The Bertz CT molecular complexity index is 707. The lowest BCUT2D eigenvalue weighted by Crippen LogP contribution is -1.93. The number of anilines is 1. The van der Waals surface area contributed by atoms with Crippen LogP contribution < -0.4 is 10.5 Å². The number of benzene rings is 2. The first-order valence-electron chi connectivity index (χ1n) is 6.31. The molecule has 0 bridgehead atoms. The van der Waals surface area contributed by atoms with Crippen molar-refractivity contribution in [2.45, 2.75) is 16.2 Å². The van der Waals surface area contributed by atoms with E-state index in [1.807, 2.05) is 43.3 Å². The average Bonchev–Trinajstić information content (AvgIpc) is 2.80. The number of ether oxygens (including phenoxy) is 1. The normalized spacial score (nSPS) is 10.8. The third-order valence-corrected chi connectivity index (χ3v) is 4.76. The molecule has 3 aromatic rings. The van der Waals surface area contributed by atoms with Crippen molar-refractivity contribution in [1.82, 2.24) is 4.98 Å². The van der Waals surface area contributed by atoms with Crippen molar-refractivity contribution in [3.8, 4) is 5.75 Å². The molecule has 1 aromatic heterocycles. The van der Waals surface area contributed by atoms with Crippen LogP contribution in [0.15, 0.2) is 51.7 Å². The summed E-state index contributed by atoms with van der Waals surface area (Å²) < 4.78 is 7.72. The molecule has 2 N–H and O–H groups in total. The van der Waals surface area contributed by atoms with Crippen molar-refractivity contribution in [3.05, 3.63) is 42.5 Å². The molecule has 2 aromatic carbocycles. The maximum absolute atomic E-state index is 5.91. The number of thiazole rings is 1. The number of para-hydroxylation sites is 1. The average molecular weight is 302 g/mol. The first-order valence-corrected chi connectivity index (χ1v) is 7.94. The van der Waals surface area contributed by atoms with E-state index < -0.39 is 0 Å². The predicted octanol–water partition coefficient (Wildman–Crippen LogP) is 4.43. The van der Waals surface area contributed by atoms with E-state index in [2.05, 4.69) is 11.1 Å². The molecule has 3 rings (SSSR count). The van der Waals surface area contributed by atoms with Crippen molar-refractivity contribution < 1.29 is 4.74 Å². The Kier molecular flexibility index (Phi) is 3.80. The fourth-order valence-corrected chi connectivity index (χ4v) is 4.04. The number of nitrogen functional groups attached to an aromatic ring is 1. The van der Waals surface area contributed by atoms with E-state index in [9.17, 15) is 0 Å². The van der Waals surface area contributed by atoms with Gasteiger partial charge in [-0.2, -0.15) is 0 Å². The molecule has 0 saturated heterocycles. The van der Waals surface area contributed by atoms with E-state index in [1.165, 1.54) is 4.70 Å². The summed E-state index contributed by atoms with van der Waals surface area (Å²) in [6.07, 6.45) is 0. The smallest absolute Gasteiger partial charge is 0.155 e. The molecule has 0 unspecified atom stereocenters. The first kappa shape index (κ1) is 13.3. The molecular formula is C15H14N2OS2. The highest BCUT2D eigenvalue weighted by atomic mass is 32.2. The summed E-state index contributed by atoms with van der Waals surface area (Å²) in [7, 11) is 0. The highest BCUT2D eigenvalue weighted by Gasteiger charge is 2.07. The van der Waals surface area contributed by atoms with E-state index in [0.29, 0.717) is 12.3 Å². The summed E-state index contributed by atoms with van der Waals surface area (Å²) in [5, 5.41) is 0. The van der Waals surface area contributed by atoms with Crippen LogP contribution in [0.25, 0.3) is 10.2 Å². The summed E-state index contributed by atoms with van der Waals surface area (Å²) in [5.41, 5.74) is 7.65. The Morgan fingerprint density at radius 3 is 2.90 bits per heavy atom. The Balaban J connectivity index is 1.90. The van der Waals surface area contributed by atoms with Gasteiger partial charge in [0.1, 0.15) is 5.75 Å². The van der Waals surface area contributed by atoms with Gasteiger partial charge in [0.2, 0.25) is 0 Å². The summed E-state index contributed by atoms with van der Waals surface area (Å²) in [5.74, 6) is 0.802. The lowest BCUT2D eigenvalue weighted by Gasteiger charge is -2.06. The topological polar surface area (TPSA) is 48.1 Å². The van der Waals surface area contributed by atoms with Gasteiger partial charge in [0.05, 0.1) is 16.8 Å². The van der Waals surface area contributed by atoms with Gasteiger partial charge in [0, 0.05) is 16.6 Å². The maximum Gasteiger partial charge on any atom is 0.155 e. The van der Waals surface area contributed by atoms with Gasteiger partial charge in [-0.05, 0) is 31.2 Å². The monoisotopic (exact) mass is 302 g/mol. The van der Waals surface area contributed by atoms with Crippen LogP contribution in [-0.4, -0.2) is 11.6 Å². The third-order valence-electron chi connectivity index (χ3n) is 2.69. The van der Waals surface area contributed by atoms with Gasteiger partial charge in [0.25, 0.3) is 0 Å². The summed E-state index contributed by atoms with van der Waals surface area (Å²) in [6.45, 7) is 2.60. The molecule has 0 aliphatic heterocycles. The van der Waals surface area contributed by atoms with Crippen LogP contribution in [0.4, 0.5) is 5.69 Å². The highest BCUT2D eigenvalue weighted by Crippen LogP contribution is 2.36. The zero-order chi connectivity index (χ0) is 13.9. The predicted molar refractivity (Wildman–Crippen MR) is 85.8 cm³/mol. The van der Waals surface area contributed by atoms with Crippen LogP contribution in [0.3, 0.4) is 0 Å². The lowest BCUT2D eigenvalue weighted by molar-refractivity contribution is 0.339. The Morgan fingerprint density at radius 1 is 1.25 bits per heavy atom. The first-order chi connectivity index (χ1) is 9.74. The number of nitrogens with zero attached hydrogens (tertiary/aromatic N) is 1. The van der Waals surface area contributed by atoms with Crippen LogP contribution in [0.2, 0.25) is 0 Å². The number of nitrogens with two attached hydrogens (primary N) is 1. The molecule has 20 heavy (non-hydrogen) atoms. The molecule has 0 aliphatic rings. The summed E-state index contributed by atoms with van der Waals surface area (Å²) in [6, 6.07) is 13.9. The Labute approximate surface area is 125 Å². The van der Waals surface area contributed by atoms with E-state index in [0.717, 1.165) is 20.5 Å². The molecule has 1 heterocycles. The standard InChI is InChI=1S/C15H14N2OS2/c1-2-18-11-7-10(16)8-12(9-11)19-15-17-13-5-3-4-6-14(13)20-15/h3-9H,2,16H2,1H3. The molecule has 102 valence electrons. The number of aromatic nitrogens is 1. The minimum absolute atomic E-state index is 0.634. The van der Waals surface area contributed by atoms with Crippen molar-refractivity contribution in [3.63, 3.8) is 0 Å². The second kappa shape index (κ2) is 5.73. The zero-order valence-corrected chi connectivity index (χ0v) is 12.6. The quantitative estimate of drug-likeness (QED) is 0.724. The van der Waals surface area contributed by atoms with Crippen molar-refractivity contribution in [1.29, 1.82) is 0 Å². The van der Waals surface area contributed by atoms with E-state index in [4.69, 9.17) is 10.5 Å². The second-order valence-corrected chi connectivity index (χ2v) is 6.57. The zero-order valence-electron chi connectivity index (χ0n) is 11.0. The fraction of sp³-hybridized carbons (Fsp3) is 0.133. The minimum Gasteiger partial charge on any atom is -0.494 e. The SMILES string of the molecule is CCOc1cc(N)cc(Sc2nc3ccccc3s2)c1. The molecule has 3 nitrogen and oxygen atoms in total. The van der Waals surface area contributed by atoms with Crippen molar-refractivity contribution >= 4 is 39.0 Å². The Morgan fingerprint density at radius 2 is 2.10 bits per heavy atom. The van der Waals surface area contributed by atoms with Gasteiger partial charge in [-0.1, -0.05) is 23.9 Å². The van der Waals surface area contributed by atoms with E-state index >= 15 is 0 Å². The van der Waals surface area contributed by atoms with Gasteiger partial charge in [-0.15, -0.1) is 11.3 Å². The molecule has 0 saturated carbocycles. The fourth-order valence-electron chi connectivity index (χ4n) is 1.90.